The van der Waals surface area contributed by atoms with Crippen molar-refractivity contribution in [3.05, 3.63) is 0 Å². The fourth-order valence-corrected chi connectivity index (χ4v) is 5.45. The number of unbranched alkanes of at least 4 members (excludes halogenated alkanes) is 16. The number of hydrogen-bond acceptors (Lipinski definition) is 4. The van der Waals surface area contributed by atoms with Crippen molar-refractivity contribution in [2.24, 2.45) is 0 Å². The monoisotopic (exact) mass is 453 g/mol. The van der Waals surface area contributed by atoms with Gasteiger partial charge in [0.05, 0.1) is 17.9 Å². The fraction of sp³-hybridized carbons (Fsp3) is 0.920. The number of sulfonamides is 1. The van der Waals surface area contributed by atoms with Gasteiger partial charge in [-0.3, -0.25) is 0 Å². The van der Waals surface area contributed by atoms with Gasteiger partial charge in [-0.2, -0.15) is 10.5 Å². The quantitative estimate of drug-likeness (QED) is 0.154. The van der Waals surface area contributed by atoms with Gasteiger partial charge in [-0.15, -0.1) is 0 Å². The zero-order valence-corrected chi connectivity index (χ0v) is 20.9. The first-order valence-corrected chi connectivity index (χ1v) is 14.4. The molecule has 0 aromatic heterocycles. The summed E-state index contributed by atoms with van der Waals surface area (Å²) in [5.41, 5.74) is 0. The van der Waals surface area contributed by atoms with Gasteiger partial charge in [0, 0.05) is 25.9 Å². The predicted octanol–water partition coefficient (Wildman–Crippen LogP) is 7.10. The van der Waals surface area contributed by atoms with E-state index in [9.17, 15) is 8.42 Å². The summed E-state index contributed by atoms with van der Waals surface area (Å²) in [7, 11) is -3.18. The third-order valence-electron chi connectivity index (χ3n) is 5.79. The maximum atomic E-state index is 12.9. The van der Waals surface area contributed by atoms with Gasteiger partial charge in [-0.1, -0.05) is 84.0 Å². The van der Waals surface area contributed by atoms with Crippen LogP contribution in [-0.4, -0.2) is 31.6 Å². The molecule has 0 aliphatic rings. The Morgan fingerprint density at radius 3 is 1.42 bits per heavy atom. The highest BCUT2D eigenvalue weighted by Gasteiger charge is 2.20. The van der Waals surface area contributed by atoms with E-state index in [0.717, 1.165) is 83.5 Å². The molecule has 0 saturated heterocycles. The molecule has 0 amide bonds. The molecule has 180 valence electrons. The average Bonchev–Trinajstić information content (AvgIpc) is 2.75. The molecule has 0 fully saturated rings. The molecule has 0 N–H and O–H groups in total. The molecule has 0 spiro atoms. The molecule has 0 aromatic carbocycles. The smallest absolute Gasteiger partial charge is 0.212 e. The van der Waals surface area contributed by atoms with Crippen molar-refractivity contribution in [1.82, 2.24) is 4.31 Å². The molecule has 31 heavy (non-hydrogen) atoms. The first kappa shape index (κ1) is 29.9. The topological polar surface area (TPSA) is 85.0 Å². The second kappa shape index (κ2) is 22.1. The van der Waals surface area contributed by atoms with Crippen LogP contribution in [0.15, 0.2) is 0 Å². The minimum absolute atomic E-state index is 0.283. The van der Waals surface area contributed by atoms with Gasteiger partial charge in [0.25, 0.3) is 0 Å². The van der Waals surface area contributed by atoms with Crippen LogP contribution in [0.25, 0.3) is 0 Å². The van der Waals surface area contributed by atoms with Gasteiger partial charge in [-0.05, 0) is 32.1 Å². The van der Waals surface area contributed by atoms with Gasteiger partial charge in [0.2, 0.25) is 10.0 Å². The Bertz CT molecular complexity index is 551. The van der Waals surface area contributed by atoms with E-state index in [4.69, 9.17) is 10.5 Å². The number of rotatable bonds is 23. The summed E-state index contributed by atoms with van der Waals surface area (Å²) in [5, 5.41) is 17.2. The Kier molecular flexibility index (Phi) is 21.3. The summed E-state index contributed by atoms with van der Waals surface area (Å²) in [6, 6.07) is 4.35. The Balaban J connectivity index is 4.31. The number of hydrogen-bond donors (Lipinski definition) is 0. The third-order valence-corrected chi connectivity index (χ3v) is 7.75. The average molecular weight is 454 g/mol. The molecule has 0 radical (unpaired) electrons. The molecule has 0 unspecified atom stereocenters. The minimum atomic E-state index is -3.18. The van der Waals surface area contributed by atoms with Crippen molar-refractivity contribution in [3.63, 3.8) is 0 Å². The second-order valence-electron chi connectivity index (χ2n) is 8.69. The normalized spacial score (nSPS) is 11.5. The van der Waals surface area contributed by atoms with Crippen molar-refractivity contribution < 1.29 is 8.42 Å². The van der Waals surface area contributed by atoms with Gasteiger partial charge < -0.3 is 0 Å². The van der Waals surface area contributed by atoms with E-state index in [1.807, 2.05) is 0 Å². The van der Waals surface area contributed by atoms with Crippen molar-refractivity contribution in [2.75, 3.05) is 18.8 Å². The summed E-state index contributed by atoms with van der Waals surface area (Å²) >= 11 is 0. The van der Waals surface area contributed by atoms with Gasteiger partial charge in [0.15, 0.2) is 0 Å². The van der Waals surface area contributed by atoms with E-state index in [-0.39, 0.29) is 5.75 Å². The highest BCUT2D eigenvalue weighted by Crippen LogP contribution is 2.14. The van der Waals surface area contributed by atoms with Crippen LogP contribution in [0.1, 0.15) is 129 Å². The predicted molar refractivity (Wildman–Crippen MR) is 130 cm³/mol. The van der Waals surface area contributed by atoms with Gasteiger partial charge in [0.1, 0.15) is 0 Å². The highest BCUT2D eigenvalue weighted by molar-refractivity contribution is 7.89. The van der Waals surface area contributed by atoms with Gasteiger partial charge in [-0.25, -0.2) is 12.7 Å². The molecule has 0 aliphatic heterocycles. The number of nitriles is 2. The van der Waals surface area contributed by atoms with Crippen LogP contribution in [0, 0.1) is 22.7 Å². The van der Waals surface area contributed by atoms with E-state index in [1.165, 1.54) is 25.7 Å². The standard InChI is InChI=1S/C25H47N3O2S/c1-2-3-4-5-10-15-20-25-31(29,30)28(23-18-13-8-6-11-16-21-26)24-19-14-9-7-12-17-22-27/h2-20,23-25H2,1H3. The molecule has 6 heteroatoms. The Labute approximate surface area is 193 Å². The van der Waals surface area contributed by atoms with E-state index in [0.29, 0.717) is 25.9 Å². The molecule has 5 nitrogen and oxygen atoms in total. The maximum absolute atomic E-state index is 12.9. The Morgan fingerprint density at radius 2 is 0.968 bits per heavy atom. The summed E-state index contributed by atoms with van der Waals surface area (Å²) < 4.78 is 27.6. The summed E-state index contributed by atoms with van der Waals surface area (Å²) in [6.07, 6.45) is 19.2. The molecular weight excluding hydrogens is 406 g/mol. The van der Waals surface area contributed by atoms with Crippen LogP contribution in [0.4, 0.5) is 0 Å². The number of nitrogens with zero attached hydrogens (tertiary/aromatic N) is 3. The Morgan fingerprint density at radius 1 is 0.581 bits per heavy atom. The lowest BCUT2D eigenvalue weighted by molar-refractivity contribution is 0.383. The molecule has 0 bridgehead atoms. The first-order chi connectivity index (χ1) is 15.1. The van der Waals surface area contributed by atoms with Crippen LogP contribution in [-0.2, 0) is 10.0 Å². The molecule has 0 aliphatic carbocycles. The second-order valence-corrected chi connectivity index (χ2v) is 10.8. The van der Waals surface area contributed by atoms with E-state index in [2.05, 4.69) is 19.1 Å². The van der Waals surface area contributed by atoms with Crippen molar-refractivity contribution in [1.29, 1.82) is 10.5 Å². The Hall–Kier alpha value is -1.11. The zero-order chi connectivity index (χ0) is 23.0. The lowest BCUT2D eigenvalue weighted by Gasteiger charge is -2.22. The van der Waals surface area contributed by atoms with Gasteiger partial charge >= 0.3 is 0 Å². The fourth-order valence-electron chi connectivity index (χ4n) is 3.81. The van der Waals surface area contributed by atoms with Crippen LogP contribution in [0.2, 0.25) is 0 Å². The van der Waals surface area contributed by atoms with Crippen LogP contribution >= 0.6 is 0 Å². The maximum Gasteiger partial charge on any atom is 0.214 e. The largest absolute Gasteiger partial charge is 0.214 e. The van der Waals surface area contributed by atoms with Crippen molar-refractivity contribution in [3.8, 4) is 12.1 Å². The lowest BCUT2D eigenvalue weighted by Crippen LogP contribution is -2.35. The van der Waals surface area contributed by atoms with E-state index in [1.54, 1.807) is 4.31 Å². The highest BCUT2D eigenvalue weighted by atomic mass is 32.2. The van der Waals surface area contributed by atoms with Crippen molar-refractivity contribution in [2.45, 2.75) is 129 Å². The van der Waals surface area contributed by atoms with Crippen LogP contribution in [0.5, 0.6) is 0 Å². The van der Waals surface area contributed by atoms with Crippen LogP contribution < -0.4 is 0 Å². The SMILES string of the molecule is CCCCCCCCCS(=O)(=O)N(CCCCCCCC#N)CCCCCCCC#N. The lowest BCUT2D eigenvalue weighted by atomic mass is 10.1. The summed E-state index contributed by atoms with van der Waals surface area (Å²) in [6.45, 7) is 3.47. The minimum Gasteiger partial charge on any atom is -0.212 e. The zero-order valence-electron chi connectivity index (χ0n) is 20.1. The summed E-state index contributed by atoms with van der Waals surface area (Å²) in [5.74, 6) is 0.283. The molecular formula is C25H47N3O2S. The van der Waals surface area contributed by atoms with Crippen molar-refractivity contribution >= 4 is 10.0 Å². The van der Waals surface area contributed by atoms with E-state index < -0.39 is 10.0 Å². The molecule has 0 atom stereocenters. The van der Waals surface area contributed by atoms with E-state index >= 15 is 0 Å². The first-order valence-electron chi connectivity index (χ1n) is 12.8. The molecule has 0 heterocycles. The third kappa shape index (κ3) is 19.3. The summed E-state index contributed by atoms with van der Waals surface area (Å²) in [4.78, 5) is 0. The molecule has 0 saturated carbocycles. The molecule has 0 rings (SSSR count). The molecule has 0 aromatic rings. The van der Waals surface area contributed by atoms with Crippen LogP contribution in [0.3, 0.4) is 0 Å².